The molecule has 0 aliphatic rings. The number of primary amides is 1. The van der Waals surface area contributed by atoms with E-state index in [9.17, 15) is 4.79 Å². The van der Waals surface area contributed by atoms with Crippen LogP contribution in [0.4, 0.5) is 5.82 Å². The van der Waals surface area contributed by atoms with Gasteiger partial charge < -0.3 is 16.4 Å². The van der Waals surface area contributed by atoms with Gasteiger partial charge in [-0.05, 0) is 36.7 Å². The van der Waals surface area contributed by atoms with Crippen molar-refractivity contribution in [3.63, 3.8) is 0 Å². The van der Waals surface area contributed by atoms with Crippen LogP contribution in [-0.2, 0) is 6.54 Å². The quantitative estimate of drug-likeness (QED) is 0.758. The first-order valence-corrected chi connectivity index (χ1v) is 6.68. The fourth-order valence-corrected chi connectivity index (χ4v) is 1.89. The number of anilines is 1. The van der Waals surface area contributed by atoms with Gasteiger partial charge >= 0.3 is 0 Å². The lowest BCUT2D eigenvalue weighted by Gasteiger charge is -2.23. The van der Waals surface area contributed by atoms with Gasteiger partial charge in [-0.3, -0.25) is 9.78 Å². The van der Waals surface area contributed by atoms with Crippen molar-refractivity contribution in [2.45, 2.75) is 13.0 Å². The van der Waals surface area contributed by atoms with Crippen molar-refractivity contribution in [3.05, 3.63) is 47.9 Å². The zero-order valence-corrected chi connectivity index (χ0v) is 11.6. The Kier molecular flexibility index (Phi) is 5.16. The molecule has 0 aromatic carbocycles. The molecule has 2 heterocycles. The Labute approximate surface area is 123 Å². The van der Waals surface area contributed by atoms with Crippen LogP contribution in [0.3, 0.4) is 0 Å². The van der Waals surface area contributed by atoms with Gasteiger partial charge in [-0.15, -0.1) is 10.2 Å². The average molecular weight is 286 g/mol. The van der Waals surface area contributed by atoms with Gasteiger partial charge in [-0.2, -0.15) is 0 Å². The SMILES string of the molecule is NCCCN(Cc1cccnc1)c1ccc(C(N)=O)nn1. The molecule has 1 amide bonds. The van der Waals surface area contributed by atoms with Crippen molar-refractivity contribution < 1.29 is 4.79 Å². The van der Waals surface area contributed by atoms with Crippen LogP contribution in [0, 0.1) is 0 Å². The smallest absolute Gasteiger partial charge is 0.269 e. The summed E-state index contributed by atoms with van der Waals surface area (Å²) in [5.74, 6) is 0.0899. The molecule has 0 saturated heterocycles. The number of nitrogens with two attached hydrogens (primary N) is 2. The molecule has 0 aliphatic carbocycles. The summed E-state index contributed by atoms with van der Waals surface area (Å²) < 4.78 is 0. The Hall–Kier alpha value is -2.54. The van der Waals surface area contributed by atoms with Crippen LogP contribution in [0.5, 0.6) is 0 Å². The van der Waals surface area contributed by atoms with Crippen molar-refractivity contribution in [1.82, 2.24) is 15.2 Å². The summed E-state index contributed by atoms with van der Waals surface area (Å²) in [6.07, 6.45) is 4.37. The molecule has 2 aromatic heterocycles. The van der Waals surface area contributed by atoms with Crippen molar-refractivity contribution in [3.8, 4) is 0 Å². The molecule has 0 atom stereocenters. The third kappa shape index (κ3) is 4.22. The molecule has 110 valence electrons. The summed E-state index contributed by atoms with van der Waals surface area (Å²) >= 11 is 0. The number of rotatable bonds is 7. The average Bonchev–Trinajstić information content (AvgIpc) is 2.52. The summed E-state index contributed by atoms with van der Waals surface area (Å²) in [6.45, 7) is 1.99. The predicted octanol–water partition coefficient (Wildman–Crippen LogP) is 0.326. The summed E-state index contributed by atoms with van der Waals surface area (Å²) in [4.78, 5) is 17.2. The fourth-order valence-electron chi connectivity index (χ4n) is 1.89. The molecule has 0 radical (unpaired) electrons. The molecule has 0 fully saturated rings. The highest BCUT2D eigenvalue weighted by Gasteiger charge is 2.11. The van der Waals surface area contributed by atoms with Crippen LogP contribution >= 0.6 is 0 Å². The van der Waals surface area contributed by atoms with Gasteiger partial charge in [0, 0.05) is 25.5 Å². The molecule has 4 N–H and O–H groups in total. The first kappa shape index (κ1) is 14.9. The molecule has 0 unspecified atom stereocenters. The minimum atomic E-state index is -0.588. The third-order valence-corrected chi connectivity index (χ3v) is 2.96. The summed E-state index contributed by atoms with van der Waals surface area (Å²) in [7, 11) is 0. The lowest BCUT2D eigenvalue weighted by molar-refractivity contribution is 0.0994. The van der Waals surface area contributed by atoms with Gasteiger partial charge in [0.2, 0.25) is 0 Å². The lowest BCUT2D eigenvalue weighted by Crippen LogP contribution is -2.27. The van der Waals surface area contributed by atoms with Gasteiger partial charge in [0.05, 0.1) is 0 Å². The van der Waals surface area contributed by atoms with Crippen LogP contribution in [0.2, 0.25) is 0 Å². The summed E-state index contributed by atoms with van der Waals surface area (Å²) in [6, 6.07) is 7.19. The topological polar surface area (TPSA) is 111 Å². The van der Waals surface area contributed by atoms with Crippen molar-refractivity contribution in [2.24, 2.45) is 11.5 Å². The number of hydrogen-bond donors (Lipinski definition) is 2. The molecule has 0 saturated carbocycles. The maximum Gasteiger partial charge on any atom is 0.269 e. The second-order valence-electron chi connectivity index (χ2n) is 4.57. The minimum absolute atomic E-state index is 0.152. The molecule has 7 nitrogen and oxygen atoms in total. The van der Waals surface area contributed by atoms with E-state index in [4.69, 9.17) is 11.5 Å². The molecule has 2 rings (SSSR count). The van der Waals surface area contributed by atoms with Crippen LogP contribution < -0.4 is 16.4 Å². The third-order valence-electron chi connectivity index (χ3n) is 2.96. The fraction of sp³-hybridized carbons (Fsp3) is 0.286. The number of hydrogen-bond acceptors (Lipinski definition) is 6. The van der Waals surface area contributed by atoms with E-state index >= 15 is 0 Å². The van der Waals surface area contributed by atoms with E-state index in [1.54, 1.807) is 24.5 Å². The van der Waals surface area contributed by atoms with Gasteiger partial charge in [0.15, 0.2) is 11.5 Å². The van der Waals surface area contributed by atoms with E-state index in [1.807, 2.05) is 17.0 Å². The number of amides is 1. The minimum Gasteiger partial charge on any atom is -0.364 e. The number of carbonyl (C=O) groups excluding carboxylic acids is 1. The standard InChI is InChI=1S/C14H18N6O/c15-6-2-8-20(10-11-3-1-7-17-9-11)13-5-4-12(14(16)21)18-19-13/h1,3-5,7,9H,2,6,8,10,15H2,(H2,16,21). The maximum absolute atomic E-state index is 11.0. The molecule has 0 bridgehead atoms. The van der Waals surface area contributed by atoms with Crippen molar-refractivity contribution >= 4 is 11.7 Å². The van der Waals surface area contributed by atoms with Gasteiger partial charge in [0.1, 0.15) is 0 Å². The van der Waals surface area contributed by atoms with Crippen LogP contribution in [-0.4, -0.2) is 34.2 Å². The van der Waals surface area contributed by atoms with Gasteiger partial charge in [-0.1, -0.05) is 6.07 Å². The molecular weight excluding hydrogens is 268 g/mol. The van der Waals surface area contributed by atoms with Crippen LogP contribution in [0.15, 0.2) is 36.7 Å². The first-order chi connectivity index (χ1) is 10.2. The molecule has 21 heavy (non-hydrogen) atoms. The summed E-state index contributed by atoms with van der Waals surface area (Å²) in [5.41, 5.74) is 12.0. The first-order valence-electron chi connectivity index (χ1n) is 6.68. The second kappa shape index (κ2) is 7.30. The number of nitrogens with zero attached hydrogens (tertiary/aromatic N) is 4. The Morgan fingerprint density at radius 2 is 2.10 bits per heavy atom. The zero-order valence-electron chi connectivity index (χ0n) is 11.6. The van der Waals surface area contributed by atoms with E-state index in [0.29, 0.717) is 18.9 Å². The van der Waals surface area contributed by atoms with Crippen molar-refractivity contribution in [1.29, 1.82) is 0 Å². The van der Waals surface area contributed by atoms with Crippen molar-refractivity contribution in [2.75, 3.05) is 18.0 Å². The van der Waals surface area contributed by atoms with E-state index in [0.717, 1.165) is 18.5 Å². The molecule has 7 heteroatoms. The van der Waals surface area contributed by atoms with E-state index in [-0.39, 0.29) is 5.69 Å². The normalized spacial score (nSPS) is 10.3. The second-order valence-corrected chi connectivity index (χ2v) is 4.57. The van der Waals surface area contributed by atoms with E-state index in [1.165, 1.54) is 0 Å². The molecular formula is C14H18N6O. The zero-order chi connectivity index (χ0) is 15.1. The van der Waals surface area contributed by atoms with Gasteiger partial charge in [0.25, 0.3) is 5.91 Å². The van der Waals surface area contributed by atoms with Gasteiger partial charge in [-0.25, -0.2) is 0 Å². The Morgan fingerprint density at radius 3 is 2.67 bits per heavy atom. The Balaban J connectivity index is 2.16. The number of pyridine rings is 1. The summed E-state index contributed by atoms with van der Waals surface area (Å²) in [5, 5.41) is 7.90. The Bertz CT molecular complexity index is 572. The maximum atomic E-state index is 11.0. The highest BCUT2D eigenvalue weighted by molar-refractivity contribution is 5.90. The highest BCUT2D eigenvalue weighted by Crippen LogP contribution is 2.14. The number of carbonyl (C=O) groups is 1. The predicted molar refractivity (Wildman–Crippen MR) is 79.5 cm³/mol. The highest BCUT2D eigenvalue weighted by atomic mass is 16.1. The van der Waals surface area contributed by atoms with E-state index in [2.05, 4.69) is 15.2 Å². The monoisotopic (exact) mass is 286 g/mol. The molecule has 0 aliphatic heterocycles. The molecule has 2 aromatic rings. The van der Waals surface area contributed by atoms with Crippen LogP contribution in [0.25, 0.3) is 0 Å². The van der Waals surface area contributed by atoms with E-state index < -0.39 is 5.91 Å². The van der Waals surface area contributed by atoms with Crippen LogP contribution in [0.1, 0.15) is 22.5 Å². The number of aromatic nitrogens is 3. The largest absolute Gasteiger partial charge is 0.364 e. The molecule has 0 spiro atoms. The lowest BCUT2D eigenvalue weighted by atomic mass is 10.2. The Morgan fingerprint density at radius 1 is 1.24 bits per heavy atom.